The predicted molar refractivity (Wildman–Crippen MR) is 76.2 cm³/mol. The number of aromatic carboxylic acids is 1. The molecular formula is C14H12BrNO4. The molecule has 1 heterocycles. The van der Waals surface area contributed by atoms with Gasteiger partial charge in [0.25, 0.3) is 0 Å². The van der Waals surface area contributed by atoms with E-state index in [-0.39, 0.29) is 17.9 Å². The Bertz CT molecular complexity index is 613. The second-order valence-electron chi connectivity index (χ2n) is 3.92. The number of pyridine rings is 1. The highest BCUT2D eigenvalue weighted by Crippen LogP contribution is 2.25. The molecule has 104 valence electrons. The van der Waals surface area contributed by atoms with Crippen molar-refractivity contribution in [2.75, 3.05) is 7.11 Å². The molecule has 1 aromatic carbocycles. The van der Waals surface area contributed by atoms with E-state index in [2.05, 4.69) is 20.9 Å². The molecule has 1 N–H and O–H groups in total. The van der Waals surface area contributed by atoms with Crippen LogP contribution in [0, 0.1) is 0 Å². The monoisotopic (exact) mass is 337 g/mol. The van der Waals surface area contributed by atoms with E-state index in [4.69, 9.17) is 14.6 Å². The lowest BCUT2D eigenvalue weighted by atomic mass is 10.2. The van der Waals surface area contributed by atoms with Crippen LogP contribution >= 0.6 is 15.9 Å². The normalized spacial score (nSPS) is 10.1. The first-order chi connectivity index (χ1) is 9.60. The second kappa shape index (κ2) is 6.38. The lowest BCUT2D eigenvalue weighted by Crippen LogP contribution is -2.04. The average Bonchev–Trinajstić information content (AvgIpc) is 2.46. The van der Waals surface area contributed by atoms with Crippen molar-refractivity contribution in [1.29, 1.82) is 0 Å². The number of rotatable bonds is 5. The molecule has 0 amide bonds. The maximum absolute atomic E-state index is 11.2. The number of aromatic nitrogens is 1. The number of halogens is 1. The zero-order valence-corrected chi connectivity index (χ0v) is 12.3. The molecule has 2 rings (SSSR count). The molecule has 5 nitrogen and oxygen atoms in total. The third-order valence-corrected chi connectivity index (χ3v) is 3.05. The highest BCUT2D eigenvalue weighted by atomic mass is 79.9. The number of ether oxygens (including phenoxy) is 2. The van der Waals surface area contributed by atoms with Crippen LogP contribution in [0.1, 0.15) is 16.1 Å². The van der Waals surface area contributed by atoms with Gasteiger partial charge in [0.1, 0.15) is 23.7 Å². The minimum absolute atomic E-state index is 0.0569. The fourth-order valence-corrected chi connectivity index (χ4v) is 1.81. The number of hydrogen-bond donors (Lipinski definition) is 1. The molecule has 0 radical (unpaired) electrons. The van der Waals surface area contributed by atoms with Crippen LogP contribution in [-0.2, 0) is 6.61 Å². The van der Waals surface area contributed by atoms with Gasteiger partial charge in [-0.15, -0.1) is 0 Å². The van der Waals surface area contributed by atoms with Gasteiger partial charge in [-0.2, -0.15) is 0 Å². The van der Waals surface area contributed by atoms with Gasteiger partial charge in [0, 0.05) is 10.7 Å². The number of nitrogens with zero attached hydrogens (tertiary/aromatic N) is 1. The predicted octanol–water partition coefficient (Wildman–Crippen LogP) is 3.13. The maximum atomic E-state index is 11.2. The number of carboxylic acids is 1. The average molecular weight is 338 g/mol. The van der Waals surface area contributed by atoms with Crippen molar-refractivity contribution in [2.45, 2.75) is 6.61 Å². The van der Waals surface area contributed by atoms with Crippen molar-refractivity contribution in [2.24, 2.45) is 0 Å². The van der Waals surface area contributed by atoms with Crippen LogP contribution in [0.5, 0.6) is 11.5 Å². The van der Waals surface area contributed by atoms with Crippen molar-refractivity contribution in [3.05, 3.63) is 52.3 Å². The summed E-state index contributed by atoms with van der Waals surface area (Å²) >= 11 is 3.29. The molecule has 0 aliphatic rings. The van der Waals surface area contributed by atoms with E-state index < -0.39 is 5.97 Å². The summed E-state index contributed by atoms with van der Waals surface area (Å²) in [5, 5.41) is 9.16. The third-order valence-electron chi connectivity index (χ3n) is 2.58. The van der Waals surface area contributed by atoms with Crippen LogP contribution in [0.3, 0.4) is 0 Å². The summed E-state index contributed by atoms with van der Waals surface area (Å²) in [4.78, 5) is 15.3. The first-order valence-electron chi connectivity index (χ1n) is 5.74. The van der Waals surface area contributed by atoms with E-state index in [1.165, 1.54) is 13.2 Å². The van der Waals surface area contributed by atoms with Crippen molar-refractivity contribution in [1.82, 2.24) is 4.98 Å². The Morgan fingerprint density at radius 2 is 2.15 bits per heavy atom. The molecular weight excluding hydrogens is 326 g/mol. The van der Waals surface area contributed by atoms with Crippen LogP contribution < -0.4 is 9.47 Å². The summed E-state index contributed by atoms with van der Waals surface area (Å²) < 4.78 is 11.4. The molecule has 0 fully saturated rings. The Labute approximate surface area is 124 Å². The lowest BCUT2D eigenvalue weighted by Gasteiger charge is -2.10. The Balaban J connectivity index is 2.16. The fourth-order valence-electron chi connectivity index (χ4n) is 1.57. The summed E-state index contributed by atoms with van der Waals surface area (Å²) in [6.45, 7) is 0.194. The highest BCUT2D eigenvalue weighted by molar-refractivity contribution is 9.10. The van der Waals surface area contributed by atoms with Crippen LogP contribution in [-0.4, -0.2) is 23.2 Å². The molecule has 0 spiro atoms. The van der Waals surface area contributed by atoms with Gasteiger partial charge in [0.15, 0.2) is 0 Å². The number of carbonyl (C=O) groups is 1. The van der Waals surface area contributed by atoms with Crippen molar-refractivity contribution in [3.63, 3.8) is 0 Å². The van der Waals surface area contributed by atoms with Gasteiger partial charge >= 0.3 is 5.97 Å². The highest BCUT2D eigenvalue weighted by Gasteiger charge is 2.13. The first kappa shape index (κ1) is 14.3. The molecule has 0 saturated carbocycles. The third kappa shape index (κ3) is 3.48. The molecule has 0 saturated heterocycles. The van der Waals surface area contributed by atoms with Gasteiger partial charge in [-0.3, -0.25) is 4.98 Å². The summed E-state index contributed by atoms with van der Waals surface area (Å²) in [5.74, 6) is -0.317. The molecule has 0 bridgehead atoms. The quantitative estimate of drug-likeness (QED) is 0.907. The van der Waals surface area contributed by atoms with Gasteiger partial charge in [0.05, 0.1) is 12.8 Å². The Morgan fingerprint density at radius 1 is 1.35 bits per heavy atom. The molecule has 0 aliphatic heterocycles. The van der Waals surface area contributed by atoms with Crippen LogP contribution in [0.15, 0.2) is 41.0 Å². The molecule has 0 aliphatic carbocycles. The summed E-state index contributed by atoms with van der Waals surface area (Å²) in [6.07, 6.45) is 1.66. The van der Waals surface area contributed by atoms with E-state index in [0.29, 0.717) is 11.4 Å². The van der Waals surface area contributed by atoms with Gasteiger partial charge in [-0.05, 0) is 46.3 Å². The molecule has 20 heavy (non-hydrogen) atoms. The fraction of sp³-hybridized carbons (Fsp3) is 0.143. The molecule has 1 aromatic heterocycles. The summed E-state index contributed by atoms with van der Waals surface area (Å²) in [6, 6.07) is 8.29. The van der Waals surface area contributed by atoms with Crippen molar-refractivity contribution in [3.8, 4) is 11.5 Å². The minimum atomic E-state index is -1.07. The van der Waals surface area contributed by atoms with Crippen LogP contribution in [0.2, 0.25) is 0 Å². The maximum Gasteiger partial charge on any atom is 0.339 e. The van der Waals surface area contributed by atoms with Crippen molar-refractivity contribution < 1.29 is 19.4 Å². The summed E-state index contributed by atoms with van der Waals surface area (Å²) in [5.41, 5.74) is 0.766. The standard InChI is InChI=1S/C14H12BrNO4/c1-19-11-4-5-13(12(6-11)14(17)18)20-8-10-3-2-9(15)7-16-10/h2-7H,8H2,1H3,(H,17,18). The molecule has 0 unspecified atom stereocenters. The smallest absolute Gasteiger partial charge is 0.339 e. The van der Waals surface area contributed by atoms with Gasteiger partial charge in [-0.25, -0.2) is 4.79 Å². The minimum Gasteiger partial charge on any atom is -0.497 e. The van der Waals surface area contributed by atoms with Gasteiger partial charge in [0.2, 0.25) is 0 Å². The largest absolute Gasteiger partial charge is 0.497 e. The van der Waals surface area contributed by atoms with E-state index in [1.807, 2.05) is 6.07 Å². The van der Waals surface area contributed by atoms with E-state index >= 15 is 0 Å². The van der Waals surface area contributed by atoms with Gasteiger partial charge in [-0.1, -0.05) is 0 Å². The van der Waals surface area contributed by atoms with E-state index in [9.17, 15) is 4.79 Å². The molecule has 6 heteroatoms. The Hall–Kier alpha value is -2.08. The number of methoxy groups -OCH3 is 1. The number of benzene rings is 1. The first-order valence-corrected chi connectivity index (χ1v) is 6.54. The number of hydrogen-bond acceptors (Lipinski definition) is 4. The van der Waals surface area contributed by atoms with Crippen LogP contribution in [0.25, 0.3) is 0 Å². The van der Waals surface area contributed by atoms with Crippen molar-refractivity contribution >= 4 is 21.9 Å². The second-order valence-corrected chi connectivity index (χ2v) is 4.84. The number of carboxylic acid groups (broad SMARTS) is 1. The Morgan fingerprint density at radius 3 is 2.75 bits per heavy atom. The zero-order chi connectivity index (χ0) is 14.5. The lowest BCUT2D eigenvalue weighted by molar-refractivity contribution is 0.0691. The van der Waals surface area contributed by atoms with Crippen LogP contribution in [0.4, 0.5) is 0 Å². The summed E-state index contributed by atoms with van der Waals surface area (Å²) in [7, 11) is 1.48. The van der Waals surface area contributed by atoms with Gasteiger partial charge < -0.3 is 14.6 Å². The SMILES string of the molecule is COc1ccc(OCc2ccc(Br)cn2)c(C(=O)O)c1. The molecule has 2 aromatic rings. The Kier molecular flexibility index (Phi) is 4.57. The molecule has 0 atom stereocenters. The van der Waals surface area contributed by atoms with E-state index in [1.54, 1.807) is 24.4 Å². The topological polar surface area (TPSA) is 68.7 Å². The zero-order valence-electron chi connectivity index (χ0n) is 10.7. The van der Waals surface area contributed by atoms with E-state index in [0.717, 1.165) is 4.47 Å².